The summed E-state index contributed by atoms with van der Waals surface area (Å²) in [6.07, 6.45) is 0. The zero-order chi connectivity index (χ0) is 45.2. The lowest BCUT2D eigenvalue weighted by Gasteiger charge is -2.11. The number of fused-ring (bicyclic) bond motifs is 13. The maximum atomic E-state index is 5.58. The van der Waals surface area contributed by atoms with E-state index in [2.05, 4.69) is 211 Å². The van der Waals surface area contributed by atoms with Crippen molar-refractivity contribution in [2.75, 3.05) is 0 Å². The van der Waals surface area contributed by atoms with Gasteiger partial charge in [0.2, 0.25) is 11.7 Å². The van der Waals surface area contributed by atoms with Crippen LogP contribution >= 0.6 is 0 Å². The molecule has 69 heavy (non-hydrogen) atoms. The van der Waals surface area contributed by atoms with Gasteiger partial charge in [0.25, 0.3) is 0 Å². The second-order valence-electron chi connectivity index (χ2n) is 17.6. The predicted molar refractivity (Wildman–Crippen MR) is 279 cm³/mol. The summed E-state index contributed by atoms with van der Waals surface area (Å²) in [7, 11) is 0. The summed E-state index contributed by atoms with van der Waals surface area (Å²) in [6, 6.07) is 78.9. The van der Waals surface area contributed by atoms with E-state index in [9.17, 15) is 0 Å². The van der Waals surface area contributed by atoms with E-state index in [-0.39, 0.29) is 0 Å². The van der Waals surface area contributed by atoms with Gasteiger partial charge in [0.15, 0.2) is 17.3 Å². The SMILES string of the molecule is c1ccc(-c2nc(-c3ccccc3)nc(-n3c4ccc(-n5c6ccccc6n6c7c8ccccc8n(-c8ccccc8)c7nc56)cc4c4cc5c(cc43)c3ccccc3n5-c3ccccc3)n2)cc1. The van der Waals surface area contributed by atoms with Gasteiger partial charge in [-0.15, -0.1) is 0 Å². The molecule has 0 bridgehead atoms. The smallest absolute Gasteiger partial charge is 0.238 e. The molecule has 9 aromatic carbocycles. The topological polar surface area (TPSA) is 75.7 Å². The lowest BCUT2D eigenvalue weighted by atomic mass is 10.1. The molecule has 15 aromatic rings. The summed E-state index contributed by atoms with van der Waals surface area (Å²) in [6.45, 7) is 0. The Balaban J connectivity index is 1.06. The van der Waals surface area contributed by atoms with Crippen molar-refractivity contribution in [3.05, 3.63) is 224 Å². The van der Waals surface area contributed by atoms with Crippen LogP contribution in [0.1, 0.15) is 0 Å². The lowest BCUT2D eigenvalue weighted by Crippen LogP contribution is -2.06. The zero-order valence-corrected chi connectivity index (χ0v) is 36.9. The molecule has 0 fully saturated rings. The number of imidazole rings is 2. The Morgan fingerprint density at radius 3 is 1.41 bits per heavy atom. The minimum absolute atomic E-state index is 0.541. The highest BCUT2D eigenvalue weighted by Gasteiger charge is 2.26. The van der Waals surface area contributed by atoms with E-state index in [0.717, 1.165) is 105 Å². The Hall–Kier alpha value is -9.60. The van der Waals surface area contributed by atoms with Crippen molar-refractivity contribution in [3.8, 4) is 45.8 Å². The molecular formula is C60H37N9. The summed E-state index contributed by atoms with van der Waals surface area (Å²) < 4.78 is 11.5. The maximum Gasteiger partial charge on any atom is 0.238 e. The molecule has 322 valence electrons. The third-order valence-corrected chi connectivity index (χ3v) is 13.7. The van der Waals surface area contributed by atoms with Gasteiger partial charge in [0, 0.05) is 55.1 Å². The van der Waals surface area contributed by atoms with E-state index >= 15 is 0 Å². The Morgan fingerprint density at radius 2 is 0.754 bits per heavy atom. The molecule has 0 saturated carbocycles. The number of nitrogens with zero attached hydrogens (tertiary/aromatic N) is 9. The van der Waals surface area contributed by atoms with Gasteiger partial charge in [-0.25, -0.2) is 4.98 Å². The van der Waals surface area contributed by atoms with E-state index in [1.807, 2.05) is 36.4 Å². The first-order valence-electron chi connectivity index (χ1n) is 23.2. The van der Waals surface area contributed by atoms with Gasteiger partial charge < -0.3 is 4.57 Å². The summed E-state index contributed by atoms with van der Waals surface area (Å²) in [4.78, 5) is 21.3. The van der Waals surface area contributed by atoms with Gasteiger partial charge in [-0.1, -0.05) is 146 Å². The molecule has 0 N–H and O–H groups in total. The Kier molecular flexibility index (Phi) is 7.87. The monoisotopic (exact) mass is 883 g/mol. The fraction of sp³-hybridized carbons (Fsp3) is 0. The van der Waals surface area contributed by atoms with Crippen LogP contribution in [-0.2, 0) is 0 Å². The van der Waals surface area contributed by atoms with Gasteiger partial charge in [-0.2, -0.15) is 15.0 Å². The van der Waals surface area contributed by atoms with Gasteiger partial charge in [-0.3, -0.25) is 18.1 Å². The molecule has 0 spiro atoms. The van der Waals surface area contributed by atoms with Crippen LogP contribution in [0.25, 0.3) is 128 Å². The Morgan fingerprint density at radius 1 is 0.275 bits per heavy atom. The minimum Gasteiger partial charge on any atom is -0.309 e. The van der Waals surface area contributed by atoms with Crippen LogP contribution in [0.2, 0.25) is 0 Å². The highest BCUT2D eigenvalue weighted by molar-refractivity contribution is 6.19. The van der Waals surface area contributed by atoms with E-state index < -0.39 is 0 Å². The number of benzene rings is 9. The van der Waals surface area contributed by atoms with Crippen LogP contribution in [0.5, 0.6) is 0 Å². The highest BCUT2D eigenvalue weighted by Crippen LogP contribution is 2.42. The van der Waals surface area contributed by atoms with Crippen LogP contribution in [0.3, 0.4) is 0 Å². The van der Waals surface area contributed by atoms with Crippen molar-refractivity contribution in [2.45, 2.75) is 0 Å². The second-order valence-corrected chi connectivity index (χ2v) is 17.6. The largest absolute Gasteiger partial charge is 0.309 e. The number of rotatable bonds is 6. The third-order valence-electron chi connectivity index (χ3n) is 13.7. The minimum atomic E-state index is 0.541. The number of aromatic nitrogens is 9. The Labute approximate surface area is 393 Å². The first-order valence-corrected chi connectivity index (χ1v) is 23.2. The molecule has 0 saturated heterocycles. The van der Waals surface area contributed by atoms with E-state index in [4.69, 9.17) is 19.9 Å². The fourth-order valence-electron chi connectivity index (χ4n) is 10.8. The van der Waals surface area contributed by atoms with E-state index in [1.54, 1.807) is 0 Å². The van der Waals surface area contributed by atoms with Crippen molar-refractivity contribution < 1.29 is 0 Å². The molecule has 0 unspecified atom stereocenters. The molecule has 0 atom stereocenters. The maximum absolute atomic E-state index is 5.58. The van der Waals surface area contributed by atoms with Crippen LogP contribution in [0.4, 0.5) is 0 Å². The third kappa shape index (κ3) is 5.46. The van der Waals surface area contributed by atoms with Crippen LogP contribution in [0.15, 0.2) is 224 Å². The van der Waals surface area contributed by atoms with E-state index in [1.165, 1.54) is 5.39 Å². The number of hydrogen-bond donors (Lipinski definition) is 0. The number of hydrogen-bond acceptors (Lipinski definition) is 4. The highest BCUT2D eigenvalue weighted by atomic mass is 15.3. The molecule has 6 heterocycles. The quantitative estimate of drug-likeness (QED) is 0.167. The molecule has 0 amide bonds. The first-order chi connectivity index (χ1) is 34.2. The summed E-state index contributed by atoms with van der Waals surface area (Å²) in [5, 5.41) is 5.58. The normalized spacial score (nSPS) is 12.1. The zero-order valence-electron chi connectivity index (χ0n) is 36.9. The molecule has 9 heteroatoms. The van der Waals surface area contributed by atoms with Gasteiger partial charge >= 0.3 is 0 Å². The average Bonchev–Trinajstić information content (AvgIpc) is 4.20. The second kappa shape index (κ2) is 14.4. The van der Waals surface area contributed by atoms with Crippen molar-refractivity contribution in [2.24, 2.45) is 0 Å². The van der Waals surface area contributed by atoms with Crippen LogP contribution < -0.4 is 0 Å². The van der Waals surface area contributed by atoms with Crippen molar-refractivity contribution in [3.63, 3.8) is 0 Å². The fourth-order valence-corrected chi connectivity index (χ4v) is 10.8. The van der Waals surface area contributed by atoms with Crippen molar-refractivity contribution in [1.82, 2.24) is 42.6 Å². The molecule has 9 nitrogen and oxygen atoms in total. The molecule has 0 aliphatic rings. The van der Waals surface area contributed by atoms with Gasteiger partial charge in [0.05, 0.1) is 38.6 Å². The van der Waals surface area contributed by atoms with Gasteiger partial charge in [0.1, 0.15) is 5.52 Å². The average molecular weight is 884 g/mol. The summed E-state index contributed by atoms with van der Waals surface area (Å²) in [5.74, 6) is 2.59. The molecule has 0 aliphatic heterocycles. The Bertz CT molecular complexity index is 4460. The van der Waals surface area contributed by atoms with Crippen molar-refractivity contribution in [1.29, 1.82) is 0 Å². The first kappa shape index (κ1) is 37.6. The van der Waals surface area contributed by atoms with Gasteiger partial charge in [-0.05, 0) is 78.9 Å². The van der Waals surface area contributed by atoms with E-state index in [0.29, 0.717) is 17.6 Å². The standard InChI is InChI=1S/C60H37N9/c1-5-19-38(20-6-1)56-61-57(39-21-7-2-8-22-39)63-59(62-56)68-50-34-33-42(35-45(50)47-37-53-46(36-54(47)68)43-27-13-15-29-48(43)65(53)40-23-9-3-10-24-40)67-51-31-17-18-32-52(51)69-55-44-28-14-16-30-49(44)66(58(55)64-60(67)69)41-25-11-4-12-26-41/h1-37H. The summed E-state index contributed by atoms with van der Waals surface area (Å²) in [5.41, 5.74) is 14.4. The van der Waals surface area contributed by atoms with Crippen LogP contribution in [-0.4, -0.2) is 42.6 Å². The molecule has 0 aliphatic carbocycles. The molecule has 15 rings (SSSR count). The molecule has 6 aromatic heterocycles. The molecular weight excluding hydrogens is 847 g/mol. The predicted octanol–water partition coefficient (Wildman–Crippen LogP) is 14.1. The lowest BCUT2D eigenvalue weighted by molar-refractivity contribution is 0.953. The summed E-state index contributed by atoms with van der Waals surface area (Å²) >= 11 is 0. The number of para-hydroxylation sites is 6. The van der Waals surface area contributed by atoms with Crippen molar-refractivity contribution >= 4 is 82.5 Å². The molecule has 0 radical (unpaired) electrons. The van der Waals surface area contributed by atoms with Crippen LogP contribution in [0, 0.1) is 0 Å².